The van der Waals surface area contributed by atoms with Crippen molar-refractivity contribution in [3.63, 3.8) is 0 Å². The largest absolute Gasteiger partial charge is 0.438 e. The van der Waals surface area contributed by atoms with Crippen molar-refractivity contribution in [2.45, 2.75) is 50.9 Å². The van der Waals surface area contributed by atoms with Crippen LogP contribution < -0.4 is 0 Å². The van der Waals surface area contributed by atoms with Gasteiger partial charge in [0.1, 0.15) is 5.60 Å². The summed E-state index contributed by atoms with van der Waals surface area (Å²) in [5, 5.41) is 10.5. The molecule has 0 radical (unpaired) electrons. The van der Waals surface area contributed by atoms with E-state index in [1.807, 2.05) is 61.5 Å². The molecule has 0 aliphatic carbocycles. The molecule has 0 spiro atoms. The third kappa shape index (κ3) is 4.53. The number of halogens is 1. The molecule has 1 amide bonds. The molecule has 0 aromatic heterocycles. The molecule has 1 saturated heterocycles. The molecule has 1 aliphatic heterocycles. The third-order valence-electron chi connectivity index (χ3n) is 5.11. The summed E-state index contributed by atoms with van der Waals surface area (Å²) in [5.74, 6) is 0. The van der Waals surface area contributed by atoms with Crippen LogP contribution >= 0.6 is 15.9 Å². The van der Waals surface area contributed by atoms with E-state index >= 15 is 0 Å². The molecule has 27 heavy (non-hydrogen) atoms. The van der Waals surface area contributed by atoms with Crippen molar-refractivity contribution in [1.29, 1.82) is 0 Å². The summed E-state index contributed by atoms with van der Waals surface area (Å²) < 4.78 is 7.04. The van der Waals surface area contributed by atoms with Crippen molar-refractivity contribution in [3.8, 4) is 0 Å². The Morgan fingerprint density at radius 1 is 1.19 bits per heavy atom. The molecule has 1 unspecified atom stereocenters. The number of aliphatic hydroxyl groups is 1. The Kier molecular flexibility index (Phi) is 5.63. The van der Waals surface area contributed by atoms with Gasteiger partial charge in [-0.15, -0.1) is 0 Å². The molecule has 3 rings (SSSR count). The number of nitrogens with zero attached hydrogens (tertiary/aromatic N) is 1. The number of hydrogen-bond donors (Lipinski definition) is 1. The van der Waals surface area contributed by atoms with Crippen LogP contribution in [0.3, 0.4) is 0 Å². The van der Waals surface area contributed by atoms with Crippen molar-refractivity contribution in [2.24, 2.45) is 0 Å². The molecule has 2 aromatic carbocycles. The van der Waals surface area contributed by atoms with Crippen LogP contribution in [-0.4, -0.2) is 28.2 Å². The van der Waals surface area contributed by atoms with Gasteiger partial charge in [0.15, 0.2) is 0 Å². The summed E-state index contributed by atoms with van der Waals surface area (Å²) in [5.41, 5.74) is 0.226. The van der Waals surface area contributed by atoms with Crippen LogP contribution in [0.15, 0.2) is 59.1 Å². The van der Waals surface area contributed by atoms with Crippen molar-refractivity contribution < 1.29 is 14.6 Å². The number of cyclic esters (lactones) is 1. The molecule has 0 saturated carbocycles. The normalized spacial score (nSPS) is 21.7. The third-order valence-corrected chi connectivity index (χ3v) is 5.64. The van der Waals surface area contributed by atoms with E-state index in [0.29, 0.717) is 19.4 Å². The Morgan fingerprint density at radius 3 is 2.37 bits per heavy atom. The summed E-state index contributed by atoms with van der Waals surface area (Å²) in [6.45, 7) is 6.09. The Bertz CT molecular complexity index is 785. The zero-order valence-corrected chi connectivity index (χ0v) is 17.6. The van der Waals surface area contributed by atoms with E-state index in [1.165, 1.54) is 0 Å². The zero-order chi connectivity index (χ0) is 19.7. The monoisotopic (exact) mass is 431 g/mol. The lowest BCUT2D eigenvalue weighted by Crippen LogP contribution is -2.51. The van der Waals surface area contributed by atoms with Gasteiger partial charge in [0.2, 0.25) is 0 Å². The van der Waals surface area contributed by atoms with E-state index < -0.39 is 11.2 Å². The number of hydrogen-bond acceptors (Lipinski definition) is 3. The van der Waals surface area contributed by atoms with Gasteiger partial charge in [0.25, 0.3) is 0 Å². The highest BCUT2D eigenvalue weighted by Crippen LogP contribution is 2.42. The highest BCUT2D eigenvalue weighted by molar-refractivity contribution is 9.10. The van der Waals surface area contributed by atoms with Gasteiger partial charge in [-0.2, -0.15) is 0 Å². The van der Waals surface area contributed by atoms with Crippen molar-refractivity contribution in [2.75, 3.05) is 6.54 Å². The van der Waals surface area contributed by atoms with Crippen LogP contribution in [0.5, 0.6) is 0 Å². The zero-order valence-electron chi connectivity index (χ0n) is 16.0. The molecular formula is C22H26BrNO3. The average molecular weight is 432 g/mol. The van der Waals surface area contributed by atoms with Gasteiger partial charge >= 0.3 is 6.09 Å². The first kappa shape index (κ1) is 19.9. The number of rotatable bonds is 5. The van der Waals surface area contributed by atoms with E-state index in [1.54, 1.807) is 18.7 Å². The van der Waals surface area contributed by atoms with Crippen LogP contribution in [0.2, 0.25) is 0 Å². The fourth-order valence-corrected chi connectivity index (χ4v) is 4.08. The Balaban J connectivity index is 1.85. The number of benzene rings is 2. The van der Waals surface area contributed by atoms with Gasteiger partial charge in [-0.3, -0.25) is 0 Å². The summed E-state index contributed by atoms with van der Waals surface area (Å²) in [7, 11) is 0. The van der Waals surface area contributed by atoms with Crippen molar-refractivity contribution >= 4 is 22.0 Å². The Hall–Kier alpha value is -1.85. The van der Waals surface area contributed by atoms with E-state index in [9.17, 15) is 9.90 Å². The first-order valence-electron chi connectivity index (χ1n) is 9.23. The second kappa shape index (κ2) is 7.64. The predicted octanol–water partition coefficient (Wildman–Crippen LogP) is 5.41. The minimum absolute atomic E-state index is 0.0819. The lowest BCUT2D eigenvalue weighted by atomic mass is 9.80. The number of amides is 1. The number of carbonyl (C=O) groups excluding carboxylic acids is 1. The van der Waals surface area contributed by atoms with Gasteiger partial charge in [-0.05, 0) is 44.0 Å². The fraction of sp³-hybridized carbons (Fsp3) is 0.409. The number of carbonyl (C=O) groups is 1. The predicted molar refractivity (Wildman–Crippen MR) is 109 cm³/mol. The first-order chi connectivity index (χ1) is 12.7. The van der Waals surface area contributed by atoms with E-state index in [0.717, 1.165) is 15.6 Å². The molecule has 2 atom stereocenters. The van der Waals surface area contributed by atoms with Gasteiger partial charge in [-0.1, -0.05) is 58.4 Å². The first-order valence-corrected chi connectivity index (χ1v) is 10.0. The van der Waals surface area contributed by atoms with Crippen molar-refractivity contribution in [1.82, 2.24) is 4.90 Å². The van der Waals surface area contributed by atoms with Crippen LogP contribution in [0.4, 0.5) is 4.79 Å². The molecule has 2 aromatic rings. The van der Waals surface area contributed by atoms with Crippen LogP contribution in [0.1, 0.15) is 50.8 Å². The second-order valence-corrected chi connectivity index (χ2v) is 8.80. The molecule has 0 bridgehead atoms. The molecule has 144 valence electrons. The highest BCUT2D eigenvalue weighted by Gasteiger charge is 2.46. The lowest BCUT2D eigenvalue weighted by molar-refractivity contribution is -0.101. The molecule has 4 nitrogen and oxygen atoms in total. The maximum Gasteiger partial charge on any atom is 0.411 e. The summed E-state index contributed by atoms with van der Waals surface area (Å²) >= 11 is 3.44. The smallest absolute Gasteiger partial charge is 0.411 e. The maximum absolute atomic E-state index is 13.0. The van der Waals surface area contributed by atoms with E-state index in [4.69, 9.17) is 4.74 Å². The molecular weight excluding hydrogens is 406 g/mol. The topological polar surface area (TPSA) is 49.8 Å². The van der Waals surface area contributed by atoms with E-state index in [2.05, 4.69) is 15.9 Å². The second-order valence-electron chi connectivity index (χ2n) is 7.89. The summed E-state index contributed by atoms with van der Waals surface area (Å²) in [4.78, 5) is 14.7. The minimum Gasteiger partial charge on any atom is -0.438 e. The maximum atomic E-state index is 13.0. The van der Waals surface area contributed by atoms with E-state index in [-0.39, 0.29) is 12.1 Å². The van der Waals surface area contributed by atoms with Gasteiger partial charge in [0, 0.05) is 23.9 Å². The molecule has 1 fully saturated rings. The van der Waals surface area contributed by atoms with Gasteiger partial charge in [-0.25, -0.2) is 4.79 Å². The van der Waals surface area contributed by atoms with Crippen LogP contribution in [0, 0.1) is 0 Å². The molecule has 1 heterocycles. The van der Waals surface area contributed by atoms with Crippen molar-refractivity contribution in [3.05, 3.63) is 70.2 Å². The minimum atomic E-state index is -0.949. The summed E-state index contributed by atoms with van der Waals surface area (Å²) in [6, 6.07) is 17.6. The standard InChI is InChI=1S/C22H26BrNO3/c1-16(17-9-11-19(23)12-10-17)24-14-13-22(27-20(24)25,15-21(2,3)26)18-7-5-4-6-8-18/h4-12,16,26H,13-15H2,1-3H3/t16?,22-/m0/s1. The average Bonchev–Trinajstić information content (AvgIpc) is 2.61. The quantitative estimate of drug-likeness (QED) is 0.688. The molecule has 5 heteroatoms. The summed E-state index contributed by atoms with van der Waals surface area (Å²) in [6.07, 6.45) is 0.647. The highest BCUT2D eigenvalue weighted by atomic mass is 79.9. The fourth-order valence-electron chi connectivity index (χ4n) is 3.81. The SMILES string of the molecule is CC(c1ccc(Br)cc1)N1CC[C@](CC(C)(C)O)(c2ccccc2)OC1=O. The molecule has 1 N–H and O–H groups in total. The van der Waals surface area contributed by atoms with Gasteiger partial charge < -0.3 is 14.7 Å². The van der Waals surface area contributed by atoms with Crippen LogP contribution in [-0.2, 0) is 10.3 Å². The Morgan fingerprint density at radius 2 is 1.81 bits per heavy atom. The van der Waals surface area contributed by atoms with Crippen LogP contribution in [0.25, 0.3) is 0 Å². The van der Waals surface area contributed by atoms with Gasteiger partial charge in [0.05, 0.1) is 11.6 Å². The number of ether oxygens (including phenoxy) is 1. The molecule has 1 aliphatic rings. The Labute approximate surface area is 169 Å². The lowest BCUT2D eigenvalue weighted by Gasteiger charge is -2.45.